The Kier molecular flexibility index (Phi) is 4.24. The molecule has 1 fully saturated rings. The third-order valence-corrected chi connectivity index (χ3v) is 4.56. The second-order valence-corrected chi connectivity index (χ2v) is 6.10. The number of ether oxygens (including phenoxy) is 1. The standard InChI is InChI=1S/C15H16N4O3S/c1-19-12(20)7-11(14(21)17-15-18-16-8-23-15)13(19)9-4-3-5-10(6-9)22-2/h3-6,8,11,13H,7H2,1-2H3,(H,17,18,21)/t11-,13+/m1/s1. The lowest BCUT2D eigenvalue weighted by Gasteiger charge is -2.25. The van der Waals surface area contributed by atoms with E-state index in [9.17, 15) is 9.59 Å². The van der Waals surface area contributed by atoms with Crippen molar-refractivity contribution in [3.63, 3.8) is 0 Å². The van der Waals surface area contributed by atoms with Gasteiger partial charge in [-0.15, -0.1) is 10.2 Å². The minimum Gasteiger partial charge on any atom is -0.497 e. The molecule has 2 heterocycles. The van der Waals surface area contributed by atoms with E-state index in [0.717, 1.165) is 5.56 Å². The lowest BCUT2D eigenvalue weighted by atomic mass is 9.93. The molecule has 2 atom stereocenters. The average molecular weight is 332 g/mol. The molecule has 23 heavy (non-hydrogen) atoms. The summed E-state index contributed by atoms with van der Waals surface area (Å²) < 4.78 is 5.24. The van der Waals surface area contributed by atoms with Crippen LogP contribution in [0.5, 0.6) is 5.75 Å². The number of carbonyl (C=O) groups excluding carboxylic acids is 2. The maximum atomic E-state index is 12.6. The summed E-state index contributed by atoms with van der Waals surface area (Å²) in [5.74, 6) is -0.0791. The first-order valence-electron chi connectivity index (χ1n) is 7.07. The van der Waals surface area contributed by atoms with E-state index in [2.05, 4.69) is 15.5 Å². The maximum absolute atomic E-state index is 12.6. The Hall–Kier alpha value is -2.48. The predicted molar refractivity (Wildman–Crippen MR) is 85.2 cm³/mol. The highest BCUT2D eigenvalue weighted by Gasteiger charge is 2.43. The number of aromatic nitrogens is 2. The molecule has 0 aliphatic carbocycles. The van der Waals surface area contributed by atoms with Crippen molar-refractivity contribution in [3.8, 4) is 5.75 Å². The number of hydrogen-bond donors (Lipinski definition) is 1. The number of hydrogen-bond acceptors (Lipinski definition) is 6. The van der Waals surface area contributed by atoms with Crippen LogP contribution in [0.2, 0.25) is 0 Å². The third-order valence-electron chi connectivity index (χ3n) is 3.95. The van der Waals surface area contributed by atoms with Gasteiger partial charge in [-0.3, -0.25) is 9.59 Å². The van der Waals surface area contributed by atoms with E-state index in [0.29, 0.717) is 10.9 Å². The normalized spacial score (nSPS) is 20.6. The van der Waals surface area contributed by atoms with Crippen LogP contribution >= 0.6 is 11.3 Å². The zero-order valence-corrected chi connectivity index (χ0v) is 13.5. The van der Waals surface area contributed by atoms with Gasteiger partial charge in [-0.05, 0) is 17.7 Å². The number of anilines is 1. The van der Waals surface area contributed by atoms with E-state index in [1.54, 1.807) is 24.6 Å². The number of amides is 2. The molecular weight excluding hydrogens is 316 g/mol. The first-order chi connectivity index (χ1) is 11.1. The minimum atomic E-state index is -0.483. The molecule has 0 saturated carbocycles. The van der Waals surface area contributed by atoms with Crippen LogP contribution in [0.4, 0.5) is 5.13 Å². The zero-order valence-electron chi connectivity index (χ0n) is 12.7. The van der Waals surface area contributed by atoms with E-state index in [1.807, 2.05) is 24.3 Å². The summed E-state index contributed by atoms with van der Waals surface area (Å²) in [6, 6.07) is 7.10. The number of benzene rings is 1. The molecule has 1 aromatic heterocycles. The van der Waals surface area contributed by atoms with Crippen molar-refractivity contribution in [1.29, 1.82) is 0 Å². The summed E-state index contributed by atoms with van der Waals surface area (Å²) in [5, 5.41) is 10.7. The van der Waals surface area contributed by atoms with E-state index >= 15 is 0 Å². The van der Waals surface area contributed by atoms with Gasteiger partial charge in [-0.2, -0.15) is 0 Å². The van der Waals surface area contributed by atoms with Gasteiger partial charge < -0.3 is 15.0 Å². The molecule has 2 aromatic rings. The van der Waals surface area contributed by atoms with Crippen molar-refractivity contribution in [2.45, 2.75) is 12.5 Å². The topological polar surface area (TPSA) is 84.4 Å². The summed E-state index contributed by atoms with van der Waals surface area (Å²) in [7, 11) is 3.30. The Bertz CT molecular complexity index is 719. The number of likely N-dealkylation sites (tertiary alicyclic amines) is 1. The van der Waals surface area contributed by atoms with Crippen LogP contribution in [0.15, 0.2) is 29.8 Å². The lowest BCUT2D eigenvalue weighted by Crippen LogP contribution is -2.30. The molecule has 2 amide bonds. The molecule has 1 aliphatic heterocycles. The van der Waals surface area contributed by atoms with Crippen molar-refractivity contribution >= 4 is 28.3 Å². The summed E-state index contributed by atoms with van der Waals surface area (Å²) in [6.45, 7) is 0. The molecule has 120 valence electrons. The Morgan fingerprint density at radius 2 is 2.30 bits per heavy atom. The van der Waals surface area contributed by atoms with Crippen molar-refractivity contribution in [2.75, 3.05) is 19.5 Å². The Balaban J connectivity index is 1.88. The van der Waals surface area contributed by atoms with Gasteiger partial charge in [0.15, 0.2) is 0 Å². The summed E-state index contributed by atoms with van der Waals surface area (Å²) in [5.41, 5.74) is 2.41. The van der Waals surface area contributed by atoms with Crippen LogP contribution in [-0.4, -0.2) is 41.1 Å². The molecule has 0 unspecified atom stereocenters. The first kappa shape index (κ1) is 15.4. The fraction of sp³-hybridized carbons (Fsp3) is 0.333. The van der Waals surface area contributed by atoms with Crippen LogP contribution in [0.3, 0.4) is 0 Å². The highest BCUT2D eigenvalue weighted by atomic mass is 32.1. The van der Waals surface area contributed by atoms with Gasteiger partial charge >= 0.3 is 0 Å². The van der Waals surface area contributed by atoms with Gasteiger partial charge in [0.25, 0.3) is 0 Å². The number of nitrogens with zero attached hydrogens (tertiary/aromatic N) is 3. The molecule has 0 spiro atoms. The van der Waals surface area contributed by atoms with Crippen molar-refractivity contribution in [2.24, 2.45) is 5.92 Å². The maximum Gasteiger partial charge on any atom is 0.232 e. The molecule has 1 aromatic carbocycles. The van der Waals surface area contributed by atoms with Gasteiger partial charge in [0.2, 0.25) is 16.9 Å². The first-order valence-corrected chi connectivity index (χ1v) is 7.94. The second-order valence-electron chi connectivity index (χ2n) is 5.27. The van der Waals surface area contributed by atoms with Gasteiger partial charge in [0.05, 0.1) is 19.1 Å². The van der Waals surface area contributed by atoms with E-state index in [-0.39, 0.29) is 24.3 Å². The summed E-state index contributed by atoms with van der Waals surface area (Å²) in [6.07, 6.45) is 0.170. The number of rotatable bonds is 4. The van der Waals surface area contributed by atoms with Crippen LogP contribution in [0.1, 0.15) is 18.0 Å². The van der Waals surface area contributed by atoms with Gasteiger partial charge in [0.1, 0.15) is 11.3 Å². The summed E-state index contributed by atoms with van der Waals surface area (Å²) >= 11 is 1.24. The van der Waals surface area contributed by atoms with Gasteiger partial charge in [-0.1, -0.05) is 23.5 Å². The number of nitrogens with one attached hydrogen (secondary N) is 1. The number of carbonyl (C=O) groups is 2. The van der Waals surface area contributed by atoms with E-state index in [4.69, 9.17) is 4.74 Å². The SMILES string of the molecule is COc1cccc([C@H]2[C@H](C(=O)Nc3nncs3)CC(=O)N2C)c1. The van der Waals surface area contributed by atoms with Gasteiger partial charge in [0, 0.05) is 13.5 Å². The Morgan fingerprint density at radius 3 is 3.00 bits per heavy atom. The number of methoxy groups -OCH3 is 1. The van der Waals surface area contributed by atoms with E-state index < -0.39 is 5.92 Å². The molecule has 1 N–H and O–H groups in total. The fourth-order valence-corrected chi connectivity index (χ4v) is 3.26. The van der Waals surface area contributed by atoms with Crippen LogP contribution in [-0.2, 0) is 9.59 Å². The molecule has 1 saturated heterocycles. The van der Waals surface area contributed by atoms with Crippen molar-refractivity contribution in [1.82, 2.24) is 15.1 Å². The molecular formula is C15H16N4O3S. The Morgan fingerprint density at radius 1 is 1.48 bits per heavy atom. The van der Waals surface area contributed by atoms with Crippen molar-refractivity contribution in [3.05, 3.63) is 35.3 Å². The fourth-order valence-electron chi connectivity index (χ4n) is 2.81. The third kappa shape index (κ3) is 3.02. The zero-order chi connectivity index (χ0) is 16.4. The monoisotopic (exact) mass is 332 g/mol. The minimum absolute atomic E-state index is 0.0600. The highest BCUT2D eigenvalue weighted by molar-refractivity contribution is 7.13. The molecule has 8 heteroatoms. The largest absolute Gasteiger partial charge is 0.497 e. The smallest absolute Gasteiger partial charge is 0.232 e. The summed E-state index contributed by atoms with van der Waals surface area (Å²) in [4.78, 5) is 26.3. The highest BCUT2D eigenvalue weighted by Crippen LogP contribution is 2.38. The van der Waals surface area contributed by atoms with E-state index in [1.165, 1.54) is 11.3 Å². The van der Waals surface area contributed by atoms with Crippen LogP contribution in [0.25, 0.3) is 0 Å². The Labute approximate surface area is 137 Å². The molecule has 0 bridgehead atoms. The van der Waals surface area contributed by atoms with Gasteiger partial charge in [-0.25, -0.2) is 0 Å². The van der Waals surface area contributed by atoms with Crippen LogP contribution < -0.4 is 10.1 Å². The van der Waals surface area contributed by atoms with Crippen LogP contribution in [0, 0.1) is 5.92 Å². The quantitative estimate of drug-likeness (QED) is 0.921. The second kappa shape index (κ2) is 6.33. The van der Waals surface area contributed by atoms with Crippen molar-refractivity contribution < 1.29 is 14.3 Å². The predicted octanol–water partition coefficient (Wildman–Crippen LogP) is 1.70. The lowest BCUT2D eigenvalue weighted by molar-refractivity contribution is -0.127. The molecule has 0 radical (unpaired) electrons. The molecule has 7 nitrogen and oxygen atoms in total. The molecule has 3 rings (SSSR count). The average Bonchev–Trinajstić information content (AvgIpc) is 3.16. The molecule has 1 aliphatic rings.